The van der Waals surface area contributed by atoms with Crippen LogP contribution in [0.2, 0.25) is 0 Å². The van der Waals surface area contributed by atoms with E-state index in [4.69, 9.17) is 5.26 Å². The minimum Gasteiger partial charge on any atom is -0.335 e. The minimum atomic E-state index is 0.0314. The average Bonchev–Trinajstić information content (AvgIpc) is 3.39. The summed E-state index contributed by atoms with van der Waals surface area (Å²) in [6.07, 6.45) is 6.68. The number of nitrogens with one attached hydrogen (secondary N) is 1. The second-order valence-corrected chi connectivity index (χ2v) is 8.45. The Bertz CT molecular complexity index is 1230. The maximum atomic E-state index is 12.7. The van der Waals surface area contributed by atoms with Gasteiger partial charge >= 0.3 is 0 Å². The van der Waals surface area contributed by atoms with Gasteiger partial charge in [-0.1, -0.05) is 35.1 Å². The average molecular weight is 425 g/mol. The number of carbonyl (C=O) groups is 1. The molecule has 1 N–H and O–H groups in total. The molecule has 5 rings (SSSR count). The lowest BCUT2D eigenvalue weighted by molar-refractivity contribution is -0.125. The molecule has 2 aromatic carbocycles. The first-order valence-corrected chi connectivity index (χ1v) is 10.9. The number of hydrogen-bond acceptors (Lipinski definition) is 5. The summed E-state index contributed by atoms with van der Waals surface area (Å²) < 4.78 is 0. The van der Waals surface area contributed by atoms with E-state index >= 15 is 0 Å². The molecule has 1 fully saturated rings. The molecule has 1 amide bonds. The zero-order chi connectivity index (χ0) is 21.9. The molecule has 0 spiro atoms. The third-order valence-electron chi connectivity index (χ3n) is 6.30. The zero-order valence-electron chi connectivity index (χ0n) is 17.7. The van der Waals surface area contributed by atoms with E-state index in [-0.39, 0.29) is 5.91 Å². The van der Waals surface area contributed by atoms with Crippen LogP contribution in [0.25, 0.3) is 17.1 Å². The van der Waals surface area contributed by atoms with Crippen LogP contribution in [-0.2, 0) is 11.3 Å². The van der Waals surface area contributed by atoms with Crippen LogP contribution >= 0.6 is 0 Å². The Hall–Kier alpha value is -3.76. The van der Waals surface area contributed by atoms with Gasteiger partial charge in [-0.05, 0) is 53.8 Å². The summed E-state index contributed by atoms with van der Waals surface area (Å²) in [6.45, 7) is 4.28. The fraction of sp³-hybridized carbons (Fsp3) is 0.280. The highest BCUT2D eigenvalue weighted by Crippen LogP contribution is 2.29. The molecular weight excluding hydrogens is 400 g/mol. The van der Waals surface area contributed by atoms with Crippen molar-refractivity contribution in [1.82, 2.24) is 25.2 Å². The minimum absolute atomic E-state index is 0.0314. The number of benzene rings is 2. The summed E-state index contributed by atoms with van der Waals surface area (Å²) in [5.74, 6) is 0.537. The molecular formula is C25H24N6O. The van der Waals surface area contributed by atoms with E-state index in [1.54, 1.807) is 18.2 Å². The number of carbonyl (C=O) groups excluding carboxylic acids is 1. The molecule has 1 atom stereocenters. The predicted molar refractivity (Wildman–Crippen MR) is 122 cm³/mol. The van der Waals surface area contributed by atoms with E-state index in [1.807, 2.05) is 29.2 Å². The van der Waals surface area contributed by atoms with Crippen molar-refractivity contribution in [3.8, 4) is 6.07 Å². The predicted octanol–water partition coefficient (Wildman–Crippen LogP) is 3.13. The van der Waals surface area contributed by atoms with Gasteiger partial charge in [-0.3, -0.25) is 14.8 Å². The second kappa shape index (κ2) is 8.77. The van der Waals surface area contributed by atoms with Crippen LogP contribution in [0.4, 0.5) is 0 Å². The third-order valence-corrected chi connectivity index (χ3v) is 6.30. The zero-order valence-corrected chi connectivity index (χ0v) is 17.7. The van der Waals surface area contributed by atoms with Crippen molar-refractivity contribution < 1.29 is 4.79 Å². The molecule has 160 valence electrons. The van der Waals surface area contributed by atoms with Crippen molar-refractivity contribution >= 4 is 23.0 Å². The van der Waals surface area contributed by atoms with E-state index in [2.05, 4.69) is 44.6 Å². The number of fused-ring (bicyclic) bond motifs is 2. The number of rotatable bonds is 4. The molecule has 3 aromatic rings. The maximum Gasteiger partial charge on any atom is 0.246 e. The van der Waals surface area contributed by atoms with Gasteiger partial charge in [0.15, 0.2) is 0 Å². The van der Waals surface area contributed by atoms with Crippen molar-refractivity contribution in [2.75, 3.05) is 26.2 Å². The molecule has 0 unspecified atom stereocenters. The number of nitrogens with zero attached hydrogens (tertiary/aromatic N) is 5. The molecule has 7 heteroatoms. The largest absolute Gasteiger partial charge is 0.335 e. The Kier molecular flexibility index (Phi) is 5.53. The molecule has 0 radical (unpaired) electrons. The van der Waals surface area contributed by atoms with Gasteiger partial charge < -0.3 is 4.90 Å². The Morgan fingerprint density at radius 1 is 1.25 bits per heavy atom. The number of aromatic nitrogens is 3. The van der Waals surface area contributed by atoms with Gasteiger partial charge in [0.05, 0.1) is 17.1 Å². The molecule has 3 heterocycles. The molecule has 32 heavy (non-hydrogen) atoms. The van der Waals surface area contributed by atoms with Crippen LogP contribution < -0.4 is 0 Å². The number of hydrogen-bond donors (Lipinski definition) is 1. The van der Waals surface area contributed by atoms with Crippen molar-refractivity contribution in [2.24, 2.45) is 5.92 Å². The Morgan fingerprint density at radius 2 is 2.12 bits per heavy atom. The number of nitriles is 1. The Balaban J connectivity index is 1.19. The fourth-order valence-corrected chi connectivity index (χ4v) is 4.53. The highest BCUT2D eigenvalue weighted by atomic mass is 16.2. The quantitative estimate of drug-likeness (QED) is 0.513. The monoisotopic (exact) mass is 424 g/mol. The van der Waals surface area contributed by atoms with Gasteiger partial charge in [-0.25, -0.2) is 0 Å². The highest BCUT2D eigenvalue weighted by Gasteiger charge is 2.30. The van der Waals surface area contributed by atoms with Gasteiger partial charge in [-0.15, -0.1) is 5.10 Å². The summed E-state index contributed by atoms with van der Waals surface area (Å²) in [5.41, 5.74) is 6.08. The summed E-state index contributed by atoms with van der Waals surface area (Å²) in [4.78, 5) is 17.1. The first-order chi connectivity index (χ1) is 15.7. The van der Waals surface area contributed by atoms with Crippen LogP contribution in [0.5, 0.6) is 0 Å². The number of aromatic amines is 1. The fourth-order valence-electron chi connectivity index (χ4n) is 4.53. The van der Waals surface area contributed by atoms with E-state index in [1.165, 1.54) is 11.1 Å². The first kappa shape index (κ1) is 20.2. The standard InChI is InChI=1S/C25H24N6O/c26-14-19-3-1-18(2-4-19)6-8-25(32)31-11-9-21-16-30(17-22(21)10-12-31)15-20-5-7-23-24(13-20)28-29-27-23/h1-9,13,22H,10-12,15-17H2,(H,27,28,29)/t22-/m1/s1. The van der Waals surface area contributed by atoms with Crippen molar-refractivity contribution in [3.63, 3.8) is 0 Å². The first-order valence-electron chi connectivity index (χ1n) is 10.9. The lowest BCUT2D eigenvalue weighted by atomic mass is 10.00. The van der Waals surface area contributed by atoms with Crippen LogP contribution in [0.3, 0.4) is 0 Å². The van der Waals surface area contributed by atoms with E-state index in [0.717, 1.165) is 49.2 Å². The van der Waals surface area contributed by atoms with E-state index in [0.29, 0.717) is 18.0 Å². The molecule has 7 nitrogen and oxygen atoms in total. The topological polar surface area (TPSA) is 88.9 Å². The highest BCUT2D eigenvalue weighted by molar-refractivity contribution is 5.92. The molecule has 2 aliphatic heterocycles. The third kappa shape index (κ3) is 4.32. The molecule has 0 bridgehead atoms. The van der Waals surface area contributed by atoms with Crippen molar-refractivity contribution in [3.05, 3.63) is 76.9 Å². The van der Waals surface area contributed by atoms with Crippen molar-refractivity contribution in [2.45, 2.75) is 13.0 Å². The van der Waals surface area contributed by atoms with Gasteiger partial charge in [-0.2, -0.15) is 5.26 Å². The molecule has 1 saturated heterocycles. The second-order valence-electron chi connectivity index (χ2n) is 8.45. The smallest absolute Gasteiger partial charge is 0.246 e. The summed E-state index contributed by atoms with van der Waals surface area (Å²) in [7, 11) is 0. The SMILES string of the molecule is N#Cc1ccc(C=CC(=O)N2CC=C3CN(Cc4ccc5[nH]nnc5c4)C[C@H]3CC2)cc1. The normalized spacial score (nSPS) is 19.0. The molecule has 0 aliphatic carbocycles. The van der Waals surface area contributed by atoms with Gasteiger partial charge in [0.1, 0.15) is 5.52 Å². The molecule has 0 saturated carbocycles. The summed E-state index contributed by atoms with van der Waals surface area (Å²) >= 11 is 0. The van der Waals surface area contributed by atoms with E-state index < -0.39 is 0 Å². The van der Waals surface area contributed by atoms with Crippen LogP contribution in [0, 0.1) is 17.2 Å². The molecule has 1 aromatic heterocycles. The van der Waals surface area contributed by atoms with E-state index in [9.17, 15) is 4.79 Å². The summed E-state index contributed by atoms with van der Waals surface area (Å²) in [6, 6.07) is 15.6. The number of amides is 1. The van der Waals surface area contributed by atoms with Gasteiger partial charge in [0.25, 0.3) is 0 Å². The van der Waals surface area contributed by atoms with Gasteiger partial charge in [0, 0.05) is 38.8 Å². The number of likely N-dealkylation sites (tertiary alicyclic amines) is 1. The lowest BCUT2D eigenvalue weighted by Crippen LogP contribution is -2.31. The summed E-state index contributed by atoms with van der Waals surface area (Å²) in [5, 5.41) is 19.7. The Morgan fingerprint density at radius 3 is 2.97 bits per heavy atom. The van der Waals surface area contributed by atoms with Gasteiger partial charge in [0.2, 0.25) is 5.91 Å². The van der Waals surface area contributed by atoms with Crippen LogP contribution in [-0.4, -0.2) is 57.3 Å². The van der Waals surface area contributed by atoms with Crippen LogP contribution in [0.1, 0.15) is 23.1 Å². The van der Waals surface area contributed by atoms with Crippen LogP contribution in [0.15, 0.2) is 60.2 Å². The number of H-pyrrole nitrogens is 1. The maximum absolute atomic E-state index is 12.7. The van der Waals surface area contributed by atoms with Crippen molar-refractivity contribution in [1.29, 1.82) is 5.26 Å². The molecule has 2 aliphatic rings. The lowest BCUT2D eigenvalue weighted by Gasteiger charge is -2.20. The Labute approximate surface area is 186 Å².